The van der Waals surface area contributed by atoms with E-state index in [1.807, 2.05) is 6.07 Å². The minimum absolute atomic E-state index is 0.0599. The fourth-order valence-corrected chi connectivity index (χ4v) is 2.67. The first-order chi connectivity index (χ1) is 11.6. The van der Waals surface area contributed by atoms with Crippen LogP contribution >= 0.6 is 0 Å². The molecule has 0 radical (unpaired) electrons. The molecule has 0 aliphatic heterocycles. The van der Waals surface area contributed by atoms with Crippen molar-refractivity contribution in [3.8, 4) is 16.9 Å². The van der Waals surface area contributed by atoms with E-state index in [0.717, 1.165) is 0 Å². The standard InChI is InChI=1S/C18H12FN3O2/c19-12-8-6-11(7-9-12)14-10-15(23)16-17(20-14)21-22(18(16)24)13-4-2-1-3-5-13/h1-10H,(H2,20,21,23). The highest BCUT2D eigenvalue weighted by atomic mass is 19.1. The third-order valence-corrected chi connectivity index (χ3v) is 3.84. The summed E-state index contributed by atoms with van der Waals surface area (Å²) in [4.78, 5) is 27.9. The van der Waals surface area contributed by atoms with Gasteiger partial charge in [0.2, 0.25) is 0 Å². The van der Waals surface area contributed by atoms with Crippen molar-refractivity contribution in [3.63, 3.8) is 0 Å². The lowest BCUT2D eigenvalue weighted by Gasteiger charge is -2.02. The number of H-pyrrole nitrogens is 2. The normalized spacial score (nSPS) is 11.0. The number of benzene rings is 2. The maximum Gasteiger partial charge on any atom is 0.284 e. The summed E-state index contributed by atoms with van der Waals surface area (Å²) in [6, 6.07) is 16.1. The van der Waals surface area contributed by atoms with Gasteiger partial charge in [-0.3, -0.25) is 14.7 Å². The van der Waals surface area contributed by atoms with Gasteiger partial charge in [0.05, 0.1) is 11.4 Å². The van der Waals surface area contributed by atoms with E-state index >= 15 is 0 Å². The van der Waals surface area contributed by atoms with E-state index in [2.05, 4.69) is 10.1 Å². The number of halogens is 1. The first-order valence-electron chi connectivity index (χ1n) is 7.33. The summed E-state index contributed by atoms with van der Waals surface area (Å²) in [5.74, 6) is -0.356. The monoisotopic (exact) mass is 321 g/mol. The molecule has 2 N–H and O–H groups in total. The van der Waals surface area contributed by atoms with Gasteiger partial charge in [-0.25, -0.2) is 9.07 Å². The van der Waals surface area contributed by atoms with Crippen LogP contribution in [0.15, 0.2) is 70.3 Å². The van der Waals surface area contributed by atoms with Gasteiger partial charge < -0.3 is 4.98 Å². The van der Waals surface area contributed by atoms with Crippen LogP contribution in [0.4, 0.5) is 4.39 Å². The molecule has 0 spiro atoms. The van der Waals surface area contributed by atoms with E-state index in [4.69, 9.17) is 0 Å². The molecule has 4 aromatic rings. The Balaban J connectivity index is 1.95. The highest BCUT2D eigenvalue weighted by molar-refractivity contribution is 5.78. The summed E-state index contributed by atoms with van der Waals surface area (Å²) in [5, 5.41) is 2.98. The number of hydrogen-bond acceptors (Lipinski definition) is 2. The number of aromatic amines is 2. The minimum atomic E-state index is -0.414. The molecule has 5 nitrogen and oxygen atoms in total. The van der Waals surface area contributed by atoms with Crippen molar-refractivity contribution in [1.29, 1.82) is 0 Å². The fraction of sp³-hybridized carbons (Fsp3) is 0. The van der Waals surface area contributed by atoms with Crippen LogP contribution in [0.25, 0.3) is 28.0 Å². The van der Waals surface area contributed by atoms with E-state index in [-0.39, 0.29) is 16.6 Å². The number of nitrogens with zero attached hydrogens (tertiary/aromatic N) is 1. The zero-order valence-corrected chi connectivity index (χ0v) is 12.4. The molecular formula is C18H12FN3O2. The van der Waals surface area contributed by atoms with Crippen molar-refractivity contribution in [1.82, 2.24) is 14.8 Å². The largest absolute Gasteiger partial charge is 0.339 e. The lowest BCUT2D eigenvalue weighted by Crippen LogP contribution is -2.18. The molecule has 0 aliphatic carbocycles. The van der Waals surface area contributed by atoms with Gasteiger partial charge in [0, 0.05) is 6.07 Å². The second-order valence-corrected chi connectivity index (χ2v) is 5.39. The summed E-state index contributed by atoms with van der Waals surface area (Å²) >= 11 is 0. The summed E-state index contributed by atoms with van der Waals surface area (Å²) in [7, 11) is 0. The van der Waals surface area contributed by atoms with Crippen molar-refractivity contribution in [2.75, 3.05) is 0 Å². The van der Waals surface area contributed by atoms with Crippen LogP contribution in [0, 0.1) is 5.82 Å². The third kappa shape index (κ3) is 2.25. The average Bonchev–Trinajstić information content (AvgIpc) is 2.93. The van der Waals surface area contributed by atoms with Gasteiger partial charge in [0.25, 0.3) is 5.56 Å². The fourth-order valence-electron chi connectivity index (χ4n) is 2.67. The maximum atomic E-state index is 13.1. The van der Waals surface area contributed by atoms with Gasteiger partial charge in [-0.2, -0.15) is 0 Å². The van der Waals surface area contributed by atoms with Crippen molar-refractivity contribution in [3.05, 3.63) is 87.1 Å². The molecule has 0 amide bonds. The van der Waals surface area contributed by atoms with Crippen LogP contribution in [0.2, 0.25) is 0 Å². The molecule has 0 unspecified atom stereocenters. The summed E-state index contributed by atoms with van der Waals surface area (Å²) in [6.07, 6.45) is 0. The molecule has 0 aliphatic rings. The Bertz CT molecular complexity index is 1140. The Hall–Kier alpha value is -3.41. The van der Waals surface area contributed by atoms with Gasteiger partial charge >= 0.3 is 0 Å². The molecule has 0 atom stereocenters. The summed E-state index contributed by atoms with van der Waals surface area (Å²) in [6.45, 7) is 0. The molecule has 2 aromatic carbocycles. The first-order valence-corrected chi connectivity index (χ1v) is 7.33. The molecule has 0 saturated carbocycles. The highest BCUT2D eigenvalue weighted by Crippen LogP contribution is 2.17. The molecule has 118 valence electrons. The van der Waals surface area contributed by atoms with Gasteiger partial charge in [0.15, 0.2) is 5.43 Å². The third-order valence-electron chi connectivity index (χ3n) is 3.84. The van der Waals surface area contributed by atoms with E-state index in [1.165, 1.54) is 22.9 Å². The molecule has 2 heterocycles. The van der Waals surface area contributed by atoms with Gasteiger partial charge in [-0.15, -0.1) is 0 Å². The number of rotatable bonds is 2. The molecule has 0 bridgehead atoms. The van der Waals surface area contributed by atoms with Crippen molar-refractivity contribution < 1.29 is 4.39 Å². The summed E-state index contributed by atoms with van der Waals surface area (Å²) < 4.78 is 14.4. The molecule has 2 aromatic heterocycles. The predicted octanol–water partition coefficient (Wildman–Crippen LogP) is 2.81. The second kappa shape index (κ2) is 5.34. The van der Waals surface area contributed by atoms with Gasteiger partial charge in [-0.1, -0.05) is 18.2 Å². The molecule has 0 fully saturated rings. The maximum absolute atomic E-state index is 13.1. The van der Waals surface area contributed by atoms with Crippen LogP contribution in [-0.2, 0) is 0 Å². The smallest absolute Gasteiger partial charge is 0.284 e. The minimum Gasteiger partial charge on any atom is -0.339 e. The molecular weight excluding hydrogens is 309 g/mol. The van der Waals surface area contributed by atoms with E-state index in [9.17, 15) is 14.0 Å². The Morgan fingerprint density at radius 1 is 0.917 bits per heavy atom. The molecule has 0 saturated heterocycles. The predicted molar refractivity (Wildman–Crippen MR) is 89.9 cm³/mol. The Morgan fingerprint density at radius 3 is 2.33 bits per heavy atom. The van der Waals surface area contributed by atoms with Crippen LogP contribution in [0.3, 0.4) is 0 Å². The Labute approximate surface area is 135 Å². The number of aromatic nitrogens is 3. The SMILES string of the molecule is O=c1cc(-c2ccc(F)cc2)[nH]c2[nH]n(-c3ccccc3)c(=O)c12. The van der Waals surface area contributed by atoms with Crippen LogP contribution in [-0.4, -0.2) is 14.8 Å². The zero-order valence-electron chi connectivity index (χ0n) is 12.4. The number of fused-ring (bicyclic) bond motifs is 1. The lowest BCUT2D eigenvalue weighted by molar-refractivity contribution is 0.628. The number of pyridine rings is 1. The van der Waals surface area contributed by atoms with E-state index in [1.54, 1.807) is 36.4 Å². The molecule has 6 heteroatoms. The van der Waals surface area contributed by atoms with Crippen LogP contribution in [0.5, 0.6) is 0 Å². The van der Waals surface area contributed by atoms with E-state index < -0.39 is 5.56 Å². The van der Waals surface area contributed by atoms with Gasteiger partial charge in [-0.05, 0) is 42.0 Å². The second-order valence-electron chi connectivity index (χ2n) is 5.39. The summed E-state index contributed by atoms with van der Waals surface area (Å²) in [5.41, 5.74) is 1.32. The number of nitrogens with one attached hydrogen (secondary N) is 2. The topological polar surface area (TPSA) is 70.7 Å². The van der Waals surface area contributed by atoms with Gasteiger partial charge in [0.1, 0.15) is 16.9 Å². The van der Waals surface area contributed by atoms with Crippen molar-refractivity contribution in [2.45, 2.75) is 0 Å². The van der Waals surface area contributed by atoms with E-state index in [0.29, 0.717) is 22.6 Å². The lowest BCUT2D eigenvalue weighted by atomic mass is 10.1. The van der Waals surface area contributed by atoms with Crippen molar-refractivity contribution in [2.24, 2.45) is 0 Å². The quantitative estimate of drug-likeness (QED) is 0.596. The number of hydrogen-bond donors (Lipinski definition) is 2. The van der Waals surface area contributed by atoms with Crippen LogP contribution < -0.4 is 11.0 Å². The zero-order chi connectivity index (χ0) is 16.7. The Morgan fingerprint density at radius 2 is 1.62 bits per heavy atom. The highest BCUT2D eigenvalue weighted by Gasteiger charge is 2.13. The first kappa shape index (κ1) is 14.2. The Kier molecular flexibility index (Phi) is 3.16. The van der Waals surface area contributed by atoms with Crippen LogP contribution in [0.1, 0.15) is 0 Å². The molecule has 24 heavy (non-hydrogen) atoms. The van der Waals surface area contributed by atoms with Crippen molar-refractivity contribution >= 4 is 11.0 Å². The number of para-hydroxylation sites is 1. The molecule has 4 rings (SSSR count). The average molecular weight is 321 g/mol.